The second-order valence-electron chi connectivity index (χ2n) is 6.02. The number of nitrogens with zero attached hydrogens (tertiary/aromatic N) is 1. The molecule has 7 heteroatoms. The zero-order chi connectivity index (χ0) is 17.2. The summed E-state index contributed by atoms with van der Waals surface area (Å²) in [5.41, 5.74) is 1.30. The summed E-state index contributed by atoms with van der Waals surface area (Å²) in [5, 5.41) is 3.14. The van der Waals surface area contributed by atoms with Crippen LogP contribution in [0.2, 0.25) is 0 Å². The number of nitrogens with one attached hydrogen (secondary N) is 1. The van der Waals surface area contributed by atoms with Gasteiger partial charge in [-0.2, -0.15) is 0 Å². The first-order chi connectivity index (χ1) is 11.5. The number of methoxy groups -OCH3 is 1. The Morgan fingerprint density at radius 2 is 2.00 bits per heavy atom. The number of fused-ring (bicyclic) bond motifs is 1. The Balaban J connectivity index is 1.71. The van der Waals surface area contributed by atoms with Gasteiger partial charge in [0, 0.05) is 17.1 Å². The molecule has 1 aromatic heterocycles. The molecule has 1 aliphatic carbocycles. The lowest BCUT2D eigenvalue weighted by Crippen LogP contribution is -2.29. The first-order valence-corrected chi connectivity index (χ1v) is 9.66. The van der Waals surface area contributed by atoms with Gasteiger partial charge in [-0.25, -0.2) is 13.4 Å². The van der Waals surface area contributed by atoms with Gasteiger partial charge in [0.05, 0.1) is 17.9 Å². The zero-order valence-electron chi connectivity index (χ0n) is 13.5. The van der Waals surface area contributed by atoms with Crippen molar-refractivity contribution in [3.05, 3.63) is 30.3 Å². The van der Waals surface area contributed by atoms with Crippen LogP contribution in [0.25, 0.3) is 10.9 Å². The lowest BCUT2D eigenvalue weighted by atomic mass is 10.2. The van der Waals surface area contributed by atoms with Gasteiger partial charge in [-0.15, -0.1) is 0 Å². The van der Waals surface area contributed by atoms with Crippen LogP contribution in [0, 0.1) is 0 Å². The van der Waals surface area contributed by atoms with Crippen molar-refractivity contribution >= 4 is 32.3 Å². The Morgan fingerprint density at radius 1 is 1.25 bits per heavy atom. The van der Waals surface area contributed by atoms with Crippen LogP contribution in [0.15, 0.2) is 30.3 Å². The molecule has 3 rings (SSSR count). The summed E-state index contributed by atoms with van der Waals surface area (Å²) < 4.78 is 29.5. The largest absolute Gasteiger partial charge is 0.481 e. The lowest BCUT2D eigenvalue weighted by molar-refractivity contribution is -0.113. The topological polar surface area (TPSA) is 85.4 Å². The minimum absolute atomic E-state index is 0.364. The van der Waals surface area contributed by atoms with Gasteiger partial charge in [0.15, 0.2) is 9.84 Å². The molecule has 1 fully saturated rings. The molecule has 2 aromatic rings. The molecule has 1 saturated carbocycles. The van der Waals surface area contributed by atoms with E-state index in [4.69, 9.17) is 4.74 Å². The van der Waals surface area contributed by atoms with E-state index in [1.165, 1.54) is 0 Å². The van der Waals surface area contributed by atoms with Gasteiger partial charge in [0.2, 0.25) is 11.8 Å². The fraction of sp³-hybridized carbons (Fsp3) is 0.412. The van der Waals surface area contributed by atoms with Crippen molar-refractivity contribution in [1.29, 1.82) is 0 Å². The Bertz CT molecular complexity index is 858. The van der Waals surface area contributed by atoms with Gasteiger partial charge >= 0.3 is 0 Å². The van der Waals surface area contributed by atoms with Crippen molar-refractivity contribution in [3.8, 4) is 5.88 Å². The zero-order valence-corrected chi connectivity index (χ0v) is 14.3. The summed E-state index contributed by atoms with van der Waals surface area (Å²) in [5.74, 6) is -0.444. The number of aromatic nitrogens is 1. The van der Waals surface area contributed by atoms with Crippen LogP contribution in [-0.4, -0.2) is 37.4 Å². The Kier molecular flexibility index (Phi) is 4.71. The average molecular weight is 348 g/mol. The highest BCUT2D eigenvalue weighted by Crippen LogP contribution is 2.25. The Morgan fingerprint density at radius 3 is 2.71 bits per heavy atom. The monoisotopic (exact) mass is 348 g/mol. The van der Waals surface area contributed by atoms with E-state index in [1.54, 1.807) is 31.4 Å². The molecule has 1 heterocycles. The van der Waals surface area contributed by atoms with E-state index in [0.29, 0.717) is 24.4 Å². The second kappa shape index (κ2) is 6.76. The first kappa shape index (κ1) is 16.7. The molecule has 0 saturated heterocycles. The van der Waals surface area contributed by atoms with E-state index in [-0.39, 0.29) is 5.25 Å². The number of hydrogen-bond acceptors (Lipinski definition) is 5. The molecule has 1 amide bonds. The molecule has 0 aliphatic heterocycles. The van der Waals surface area contributed by atoms with Crippen molar-refractivity contribution in [2.24, 2.45) is 0 Å². The van der Waals surface area contributed by atoms with E-state index in [2.05, 4.69) is 10.3 Å². The smallest absolute Gasteiger partial charge is 0.239 e. The number of sulfone groups is 1. The van der Waals surface area contributed by atoms with Gasteiger partial charge in [0.1, 0.15) is 5.75 Å². The number of carbonyl (C=O) groups is 1. The summed E-state index contributed by atoms with van der Waals surface area (Å²) in [6.45, 7) is 0. The van der Waals surface area contributed by atoms with E-state index >= 15 is 0 Å². The number of rotatable bonds is 5. The van der Waals surface area contributed by atoms with E-state index < -0.39 is 21.5 Å². The molecule has 0 radical (unpaired) electrons. The number of pyridine rings is 1. The third-order valence-electron chi connectivity index (χ3n) is 4.30. The number of anilines is 1. The molecule has 0 unspecified atom stereocenters. The molecule has 0 bridgehead atoms. The molecule has 0 spiro atoms. The van der Waals surface area contributed by atoms with Gasteiger partial charge in [-0.3, -0.25) is 4.79 Å². The molecule has 24 heavy (non-hydrogen) atoms. The quantitative estimate of drug-likeness (QED) is 0.897. The second-order valence-corrected chi connectivity index (χ2v) is 8.30. The van der Waals surface area contributed by atoms with Gasteiger partial charge < -0.3 is 10.1 Å². The van der Waals surface area contributed by atoms with Crippen LogP contribution in [0.4, 0.5) is 5.69 Å². The van der Waals surface area contributed by atoms with E-state index in [9.17, 15) is 13.2 Å². The van der Waals surface area contributed by atoms with Crippen molar-refractivity contribution in [3.63, 3.8) is 0 Å². The molecule has 128 valence electrons. The third kappa shape index (κ3) is 3.67. The van der Waals surface area contributed by atoms with Crippen LogP contribution in [0.5, 0.6) is 5.88 Å². The van der Waals surface area contributed by atoms with Crippen LogP contribution in [0.1, 0.15) is 25.7 Å². The molecule has 0 atom stereocenters. The van der Waals surface area contributed by atoms with Crippen molar-refractivity contribution in [2.75, 3.05) is 18.2 Å². The highest BCUT2D eigenvalue weighted by atomic mass is 32.2. The molecular weight excluding hydrogens is 328 g/mol. The molecule has 1 N–H and O–H groups in total. The number of amides is 1. The fourth-order valence-electron chi connectivity index (χ4n) is 3.04. The molecule has 1 aliphatic rings. The number of benzene rings is 1. The summed E-state index contributed by atoms with van der Waals surface area (Å²) in [7, 11) is -1.82. The number of carbonyl (C=O) groups excluding carboxylic acids is 1. The maximum atomic E-state index is 12.2. The highest BCUT2D eigenvalue weighted by Gasteiger charge is 2.30. The normalized spacial score (nSPS) is 15.5. The van der Waals surface area contributed by atoms with Crippen LogP contribution in [0.3, 0.4) is 0 Å². The van der Waals surface area contributed by atoms with Gasteiger partial charge in [-0.05, 0) is 37.1 Å². The van der Waals surface area contributed by atoms with Crippen molar-refractivity contribution in [2.45, 2.75) is 30.9 Å². The minimum Gasteiger partial charge on any atom is -0.481 e. The van der Waals surface area contributed by atoms with E-state index in [1.807, 2.05) is 6.07 Å². The number of hydrogen-bond donors (Lipinski definition) is 1. The van der Waals surface area contributed by atoms with Gasteiger partial charge in [-0.1, -0.05) is 12.8 Å². The first-order valence-electron chi connectivity index (χ1n) is 7.94. The average Bonchev–Trinajstić information content (AvgIpc) is 3.09. The third-order valence-corrected chi connectivity index (χ3v) is 6.45. The molecule has 6 nitrogen and oxygen atoms in total. The molecular formula is C17H20N2O4S. The van der Waals surface area contributed by atoms with Gasteiger partial charge in [0.25, 0.3) is 0 Å². The Hall–Kier alpha value is -2.15. The fourth-order valence-corrected chi connectivity index (χ4v) is 4.77. The predicted molar refractivity (Wildman–Crippen MR) is 93.0 cm³/mol. The summed E-state index contributed by atoms with van der Waals surface area (Å²) in [4.78, 5) is 16.4. The summed E-state index contributed by atoms with van der Waals surface area (Å²) in [6, 6.07) is 8.81. The predicted octanol–water partition coefficient (Wildman–Crippen LogP) is 2.54. The Labute approximate surface area is 141 Å². The minimum atomic E-state index is -3.37. The van der Waals surface area contributed by atoms with Crippen LogP contribution in [-0.2, 0) is 14.6 Å². The van der Waals surface area contributed by atoms with Crippen molar-refractivity contribution in [1.82, 2.24) is 4.98 Å². The number of ether oxygens (including phenoxy) is 1. The molecule has 1 aromatic carbocycles. The maximum absolute atomic E-state index is 12.2. The lowest BCUT2D eigenvalue weighted by Gasteiger charge is -2.11. The summed E-state index contributed by atoms with van der Waals surface area (Å²) >= 11 is 0. The van der Waals surface area contributed by atoms with Crippen LogP contribution < -0.4 is 10.1 Å². The van der Waals surface area contributed by atoms with E-state index in [0.717, 1.165) is 23.7 Å². The maximum Gasteiger partial charge on any atom is 0.239 e. The van der Waals surface area contributed by atoms with Crippen LogP contribution >= 0.6 is 0 Å². The standard InChI is InChI=1S/C17H20N2O4S/c1-23-17-9-6-12-10-13(7-8-15(12)19-17)18-16(20)11-24(21,22)14-4-2-3-5-14/h6-10,14H,2-5,11H2,1H3,(H,18,20). The SMILES string of the molecule is COc1ccc2cc(NC(=O)CS(=O)(=O)C3CCCC3)ccc2n1. The highest BCUT2D eigenvalue weighted by molar-refractivity contribution is 7.92. The van der Waals surface area contributed by atoms with Crippen molar-refractivity contribution < 1.29 is 17.9 Å². The summed E-state index contributed by atoms with van der Waals surface area (Å²) in [6.07, 6.45) is 3.18.